The number of quaternary nitrogens is 1. The molecule has 86 valence electrons. The number of rotatable bonds is 3. The van der Waals surface area contributed by atoms with Crippen molar-refractivity contribution in [2.75, 3.05) is 38.8 Å². The number of carbonyl (C=O) groups excluding carboxylic acids is 2. The van der Waals surface area contributed by atoms with Crippen LogP contribution in [0.15, 0.2) is 0 Å². The third kappa shape index (κ3) is 3.39. The van der Waals surface area contributed by atoms with Gasteiger partial charge in [0.05, 0.1) is 32.5 Å². The van der Waals surface area contributed by atoms with Gasteiger partial charge in [-0.1, -0.05) is 0 Å². The molecule has 2 N–H and O–H groups in total. The quantitative estimate of drug-likeness (QED) is 0.590. The standard InChI is InChI=1S/C9H16N2O3S/c1-14-9(13)7-5-11(4-3-10-7)8(12)6-15-2/h7,10H,3-6H2,1-2H3/p+1/t7-/m0/s1. The molecule has 0 aromatic heterocycles. The topological polar surface area (TPSA) is 63.2 Å². The maximum Gasteiger partial charge on any atom is 0.366 e. The largest absolute Gasteiger partial charge is 0.465 e. The van der Waals surface area contributed by atoms with Crippen LogP contribution in [0, 0.1) is 0 Å². The minimum atomic E-state index is -0.255. The lowest BCUT2D eigenvalue weighted by atomic mass is 10.2. The zero-order chi connectivity index (χ0) is 11.3. The van der Waals surface area contributed by atoms with E-state index in [9.17, 15) is 9.59 Å². The predicted octanol–water partition coefficient (Wildman–Crippen LogP) is -1.70. The van der Waals surface area contributed by atoms with Crippen LogP contribution in [0.3, 0.4) is 0 Å². The molecule has 1 aliphatic rings. The van der Waals surface area contributed by atoms with Crippen molar-refractivity contribution in [2.45, 2.75) is 6.04 Å². The first-order valence-corrected chi connectivity index (χ1v) is 6.26. The Balaban J connectivity index is 2.48. The number of amides is 1. The summed E-state index contributed by atoms with van der Waals surface area (Å²) < 4.78 is 4.66. The molecule has 15 heavy (non-hydrogen) atoms. The molecule has 1 heterocycles. The van der Waals surface area contributed by atoms with Crippen LogP contribution in [-0.4, -0.2) is 61.6 Å². The van der Waals surface area contributed by atoms with E-state index in [1.54, 1.807) is 4.90 Å². The molecular formula is C9H17N2O3S+. The van der Waals surface area contributed by atoms with Gasteiger partial charge in [-0.3, -0.25) is 4.79 Å². The highest BCUT2D eigenvalue weighted by Gasteiger charge is 2.31. The second kappa shape index (κ2) is 5.97. The van der Waals surface area contributed by atoms with Crippen LogP contribution in [0.5, 0.6) is 0 Å². The molecule has 0 radical (unpaired) electrons. The molecule has 1 fully saturated rings. The monoisotopic (exact) mass is 233 g/mol. The Morgan fingerprint density at radius 1 is 1.60 bits per heavy atom. The number of hydrogen-bond donors (Lipinski definition) is 1. The highest BCUT2D eigenvalue weighted by molar-refractivity contribution is 7.99. The van der Waals surface area contributed by atoms with Crippen LogP contribution in [0.4, 0.5) is 0 Å². The van der Waals surface area contributed by atoms with Gasteiger partial charge in [0.2, 0.25) is 11.9 Å². The Hall–Kier alpha value is -0.750. The lowest BCUT2D eigenvalue weighted by Gasteiger charge is -2.29. The molecule has 0 aromatic rings. The van der Waals surface area contributed by atoms with Crippen LogP contribution in [0.25, 0.3) is 0 Å². The van der Waals surface area contributed by atoms with E-state index >= 15 is 0 Å². The highest BCUT2D eigenvalue weighted by Crippen LogP contribution is 2.01. The maximum atomic E-state index is 11.6. The van der Waals surface area contributed by atoms with Gasteiger partial charge in [0.25, 0.3) is 0 Å². The molecule has 6 heteroatoms. The van der Waals surface area contributed by atoms with Gasteiger partial charge in [0.1, 0.15) is 0 Å². The highest BCUT2D eigenvalue weighted by atomic mass is 32.2. The Kier molecular flexibility index (Phi) is 4.90. The zero-order valence-electron chi connectivity index (χ0n) is 9.06. The number of nitrogens with two attached hydrogens (primary N) is 1. The normalized spacial score (nSPS) is 21.2. The summed E-state index contributed by atoms with van der Waals surface area (Å²) in [6.45, 7) is 1.94. The molecule has 1 saturated heterocycles. The smallest absolute Gasteiger partial charge is 0.366 e. The number of piperazine rings is 1. The van der Waals surface area contributed by atoms with E-state index in [4.69, 9.17) is 0 Å². The van der Waals surface area contributed by atoms with Crippen molar-refractivity contribution in [3.8, 4) is 0 Å². The number of ether oxygens (including phenoxy) is 1. The first-order valence-electron chi connectivity index (χ1n) is 4.87. The van der Waals surface area contributed by atoms with Gasteiger partial charge < -0.3 is 15.0 Å². The summed E-state index contributed by atoms with van der Waals surface area (Å²) in [5.41, 5.74) is 0. The Morgan fingerprint density at radius 3 is 2.93 bits per heavy atom. The van der Waals surface area contributed by atoms with E-state index in [2.05, 4.69) is 4.74 Å². The minimum absolute atomic E-state index is 0.101. The average Bonchev–Trinajstić information content (AvgIpc) is 2.28. The summed E-state index contributed by atoms with van der Waals surface area (Å²) in [4.78, 5) is 24.6. The molecule has 0 aliphatic carbocycles. The number of nitrogens with zero attached hydrogens (tertiary/aromatic N) is 1. The summed E-state index contributed by atoms with van der Waals surface area (Å²) in [5, 5.41) is 1.93. The molecule has 0 aromatic carbocycles. The van der Waals surface area contributed by atoms with Gasteiger partial charge in [0.15, 0.2) is 0 Å². The minimum Gasteiger partial charge on any atom is -0.465 e. The van der Waals surface area contributed by atoms with E-state index < -0.39 is 0 Å². The summed E-state index contributed by atoms with van der Waals surface area (Å²) in [6.07, 6.45) is 1.89. The third-order valence-electron chi connectivity index (χ3n) is 2.39. The van der Waals surface area contributed by atoms with Gasteiger partial charge in [-0.25, -0.2) is 4.79 Å². The first kappa shape index (κ1) is 12.3. The molecule has 1 rings (SSSR count). The van der Waals surface area contributed by atoms with Crippen LogP contribution in [0.1, 0.15) is 0 Å². The van der Waals surface area contributed by atoms with Crippen molar-refractivity contribution in [2.24, 2.45) is 0 Å². The Labute approximate surface area is 93.5 Å². The lowest BCUT2D eigenvalue weighted by Crippen LogP contribution is -2.97. The summed E-state index contributed by atoms with van der Waals surface area (Å²) in [6, 6.07) is -0.255. The van der Waals surface area contributed by atoms with Crippen molar-refractivity contribution < 1.29 is 19.6 Å². The van der Waals surface area contributed by atoms with E-state index in [0.717, 1.165) is 6.54 Å². The van der Waals surface area contributed by atoms with Crippen molar-refractivity contribution in [3.63, 3.8) is 0 Å². The second-order valence-electron chi connectivity index (χ2n) is 3.43. The van der Waals surface area contributed by atoms with E-state index in [1.165, 1.54) is 18.9 Å². The van der Waals surface area contributed by atoms with Gasteiger partial charge in [0, 0.05) is 0 Å². The lowest BCUT2D eigenvalue weighted by molar-refractivity contribution is -0.685. The first-order chi connectivity index (χ1) is 7.19. The molecule has 0 saturated carbocycles. The average molecular weight is 233 g/mol. The van der Waals surface area contributed by atoms with Crippen LogP contribution in [0.2, 0.25) is 0 Å². The van der Waals surface area contributed by atoms with Gasteiger partial charge >= 0.3 is 5.97 Å². The Morgan fingerprint density at radius 2 is 2.33 bits per heavy atom. The maximum absolute atomic E-state index is 11.6. The molecule has 5 nitrogen and oxygen atoms in total. The summed E-state index contributed by atoms with van der Waals surface area (Å²) in [5.74, 6) is 0.328. The van der Waals surface area contributed by atoms with Crippen molar-refractivity contribution >= 4 is 23.6 Å². The Bertz CT molecular complexity index is 248. The molecular weight excluding hydrogens is 216 g/mol. The van der Waals surface area contributed by atoms with Crippen LogP contribution in [-0.2, 0) is 14.3 Å². The molecule has 1 amide bonds. The third-order valence-corrected chi connectivity index (χ3v) is 2.93. The van der Waals surface area contributed by atoms with E-state index in [-0.39, 0.29) is 17.9 Å². The van der Waals surface area contributed by atoms with Crippen LogP contribution < -0.4 is 5.32 Å². The van der Waals surface area contributed by atoms with E-state index in [1.807, 2.05) is 11.6 Å². The van der Waals surface area contributed by atoms with Crippen molar-refractivity contribution in [1.82, 2.24) is 4.90 Å². The molecule has 0 spiro atoms. The number of methoxy groups -OCH3 is 1. The van der Waals surface area contributed by atoms with E-state index in [0.29, 0.717) is 18.8 Å². The summed E-state index contributed by atoms with van der Waals surface area (Å²) in [7, 11) is 1.37. The number of esters is 1. The number of carbonyl (C=O) groups is 2. The summed E-state index contributed by atoms with van der Waals surface area (Å²) >= 11 is 1.50. The predicted molar refractivity (Wildman–Crippen MR) is 57.6 cm³/mol. The number of thioether (sulfide) groups is 1. The second-order valence-corrected chi connectivity index (χ2v) is 4.29. The van der Waals surface area contributed by atoms with Gasteiger partial charge in [-0.2, -0.15) is 11.8 Å². The fourth-order valence-electron chi connectivity index (χ4n) is 1.60. The molecule has 1 aliphatic heterocycles. The van der Waals surface area contributed by atoms with Crippen molar-refractivity contribution in [1.29, 1.82) is 0 Å². The van der Waals surface area contributed by atoms with Crippen molar-refractivity contribution in [3.05, 3.63) is 0 Å². The molecule has 1 atom stereocenters. The number of hydrogen-bond acceptors (Lipinski definition) is 4. The van der Waals surface area contributed by atoms with Gasteiger partial charge in [-0.05, 0) is 6.26 Å². The zero-order valence-corrected chi connectivity index (χ0v) is 9.88. The fourth-order valence-corrected chi connectivity index (χ4v) is 2.03. The molecule has 0 bridgehead atoms. The van der Waals surface area contributed by atoms with Gasteiger partial charge in [-0.15, -0.1) is 0 Å². The van der Waals surface area contributed by atoms with Crippen LogP contribution >= 0.6 is 11.8 Å². The SMILES string of the molecule is COC(=O)[C@@H]1CN(C(=O)CSC)CC[NH2+]1. The fraction of sp³-hybridized carbons (Fsp3) is 0.778. The molecule has 0 unspecified atom stereocenters.